The average Bonchev–Trinajstić information content (AvgIpc) is 2.94. The maximum Gasteiger partial charge on any atom is 0.251 e. The minimum atomic E-state index is -0.124. The van der Waals surface area contributed by atoms with E-state index in [1.165, 1.54) is 0 Å². The van der Waals surface area contributed by atoms with Gasteiger partial charge in [-0.1, -0.05) is 25.0 Å². The van der Waals surface area contributed by atoms with Crippen molar-refractivity contribution in [2.75, 3.05) is 13.2 Å². The summed E-state index contributed by atoms with van der Waals surface area (Å²) in [6.07, 6.45) is 4.21. The van der Waals surface area contributed by atoms with E-state index in [4.69, 9.17) is 5.11 Å². The van der Waals surface area contributed by atoms with Gasteiger partial charge in [0.15, 0.2) is 0 Å². The van der Waals surface area contributed by atoms with Crippen LogP contribution in [0.1, 0.15) is 41.6 Å². The third-order valence-corrected chi connectivity index (χ3v) is 4.02. The Hall–Kier alpha value is -1.39. The van der Waals surface area contributed by atoms with Crippen molar-refractivity contribution in [2.24, 2.45) is 5.41 Å². The molecule has 19 heavy (non-hydrogen) atoms. The average molecular weight is 263 g/mol. The highest BCUT2D eigenvalue weighted by molar-refractivity contribution is 5.94. The van der Waals surface area contributed by atoms with Gasteiger partial charge in [-0.2, -0.15) is 0 Å². The van der Waals surface area contributed by atoms with Crippen molar-refractivity contribution < 1.29 is 15.0 Å². The lowest BCUT2D eigenvalue weighted by atomic mass is 9.87. The largest absolute Gasteiger partial charge is 0.396 e. The Balaban J connectivity index is 1.93. The lowest BCUT2D eigenvalue weighted by molar-refractivity contribution is 0.0880. The summed E-state index contributed by atoms with van der Waals surface area (Å²) in [5, 5.41) is 21.3. The molecule has 1 fully saturated rings. The summed E-state index contributed by atoms with van der Waals surface area (Å²) in [6, 6.07) is 6.90. The van der Waals surface area contributed by atoms with Gasteiger partial charge in [0.1, 0.15) is 0 Å². The Labute approximate surface area is 113 Å². The molecule has 0 bridgehead atoms. The molecule has 0 aromatic heterocycles. The highest BCUT2D eigenvalue weighted by Crippen LogP contribution is 2.36. The Morgan fingerprint density at radius 2 is 1.79 bits per heavy atom. The van der Waals surface area contributed by atoms with Crippen molar-refractivity contribution >= 4 is 5.91 Å². The fourth-order valence-electron chi connectivity index (χ4n) is 2.65. The van der Waals surface area contributed by atoms with E-state index in [1.54, 1.807) is 24.3 Å². The zero-order chi connectivity index (χ0) is 13.7. The summed E-state index contributed by atoms with van der Waals surface area (Å²) in [5.41, 5.74) is 1.25. The number of carbonyl (C=O) groups excluding carboxylic acids is 1. The standard InChI is InChI=1S/C15H21NO3/c17-9-12-3-5-13(6-4-12)14(19)16-10-15(11-18)7-1-2-8-15/h3-6,17-18H,1-2,7-11H2,(H,16,19). The molecule has 4 nitrogen and oxygen atoms in total. The second-order valence-corrected chi connectivity index (χ2v) is 5.40. The van der Waals surface area contributed by atoms with Crippen LogP contribution in [-0.2, 0) is 6.61 Å². The normalized spacial score (nSPS) is 17.4. The molecule has 3 N–H and O–H groups in total. The first-order valence-corrected chi connectivity index (χ1v) is 6.78. The SMILES string of the molecule is O=C(NCC1(CO)CCCC1)c1ccc(CO)cc1. The maximum atomic E-state index is 12.0. The maximum absolute atomic E-state index is 12.0. The number of aliphatic hydroxyl groups is 2. The molecule has 0 unspecified atom stereocenters. The molecule has 1 aromatic rings. The van der Waals surface area contributed by atoms with Crippen molar-refractivity contribution in [3.63, 3.8) is 0 Å². The number of benzene rings is 1. The van der Waals surface area contributed by atoms with E-state index >= 15 is 0 Å². The number of hydrogen-bond acceptors (Lipinski definition) is 3. The van der Waals surface area contributed by atoms with Crippen LogP contribution < -0.4 is 5.32 Å². The highest BCUT2D eigenvalue weighted by Gasteiger charge is 2.33. The molecule has 104 valence electrons. The molecule has 4 heteroatoms. The van der Waals surface area contributed by atoms with Gasteiger partial charge in [0.2, 0.25) is 0 Å². The molecule has 0 heterocycles. The fourth-order valence-corrected chi connectivity index (χ4v) is 2.65. The molecule has 0 saturated heterocycles. The third kappa shape index (κ3) is 3.33. The predicted molar refractivity (Wildman–Crippen MR) is 72.7 cm³/mol. The molecule has 0 atom stereocenters. The summed E-state index contributed by atoms with van der Waals surface area (Å²) in [5.74, 6) is -0.121. The lowest BCUT2D eigenvalue weighted by Gasteiger charge is -2.26. The van der Waals surface area contributed by atoms with Gasteiger partial charge in [-0.15, -0.1) is 0 Å². The van der Waals surface area contributed by atoms with Crippen LogP contribution in [-0.4, -0.2) is 29.3 Å². The van der Waals surface area contributed by atoms with E-state index < -0.39 is 0 Å². The molecule has 0 aliphatic heterocycles. The minimum Gasteiger partial charge on any atom is -0.396 e. The molecule has 0 radical (unpaired) electrons. The zero-order valence-corrected chi connectivity index (χ0v) is 11.1. The molecule has 1 aromatic carbocycles. The van der Waals surface area contributed by atoms with E-state index in [9.17, 15) is 9.90 Å². The summed E-state index contributed by atoms with van der Waals surface area (Å²) in [6.45, 7) is 0.649. The van der Waals surface area contributed by atoms with Gasteiger partial charge < -0.3 is 15.5 Å². The highest BCUT2D eigenvalue weighted by atomic mass is 16.3. The van der Waals surface area contributed by atoms with E-state index in [0.717, 1.165) is 31.2 Å². The molecule has 1 aliphatic rings. The van der Waals surface area contributed by atoms with E-state index in [1.807, 2.05) is 0 Å². The van der Waals surface area contributed by atoms with Crippen LogP contribution in [0.3, 0.4) is 0 Å². The molecule has 2 rings (SSSR count). The van der Waals surface area contributed by atoms with Crippen LogP contribution in [0.15, 0.2) is 24.3 Å². The van der Waals surface area contributed by atoms with E-state index in [2.05, 4.69) is 5.32 Å². The van der Waals surface area contributed by atoms with E-state index in [0.29, 0.717) is 12.1 Å². The number of aliphatic hydroxyl groups excluding tert-OH is 2. The number of hydrogen-bond donors (Lipinski definition) is 3. The Morgan fingerprint density at radius 1 is 1.16 bits per heavy atom. The fraction of sp³-hybridized carbons (Fsp3) is 0.533. The van der Waals surface area contributed by atoms with Gasteiger partial charge in [0, 0.05) is 17.5 Å². The van der Waals surface area contributed by atoms with Crippen molar-refractivity contribution in [1.29, 1.82) is 0 Å². The molecular formula is C15H21NO3. The van der Waals surface area contributed by atoms with Crippen LogP contribution in [0.25, 0.3) is 0 Å². The molecule has 0 spiro atoms. The van der Waals surface area contributed by atoms with Gasteiger partial charge >= 0.3 is 0 Å². The van der Waals surface area contributed by atoms with Gasteiger partial charge in [0.05, 0.1) is 13.2 Å². The van der Waals surface area contributed by atoms with Crippen LogP contribution in [0.5, 0.6) is 0 Å². The van der Waals surface area contributed by atoms with Crippen LogP contribution >= 0.6 is 0 Å². The summed E-state index contributed by atoms with van der Waals surface area (Å²) in [4.78, 5) is 12.0. The minimum absolute atomic E-state index is 0.0183. The van der Waals surface area contributed by atoms with Gasteiger partial charge in [-0.25, -0.2) is 0 Å². The first-order chi connectivity index (χ1) is 9.19. The van der Waals surface area contributed by atoms with E-state index in [-0.39, 0.29) is 24.5 Å². The number of amides is 1. The van der Waals surface area contributed by atoms with Crippen molar-refractivity contribution in [3.05, 3.63) is 35.4 Å². The molecule has 1 amide bonds. The number of rotatable bonds is 5. The second kappa shape index (κ2) is 6.17. The summed E-state index contributed by atoms with van der Waals surface area (Å²) in [7, 11) is 0. The monoisotopic (exact) mass is 263 g/mol. The lowest BCUT2D eigenvalue weighted by Crippen LogP contribution is -2.38. The number of carbonyl (C=O) groups is 1. The van der Waals surface area contributed by atoms with Gasteiger partial charge in [0.25, 0.3) is 5.91 Å². The Bertz CT molecular complexity index is 422. The molecule has 1 aliphatic carbocycles. The molecule has 1 saturated carbocycles. The zero-order valence-electron chi connectivity index (χ0n) is 11.1. The van der Waals surface area contributed by atoms with Crippen molar-refractivity contribution in [3.8, 4) is 0 Å². The van der Waals surface area contributed by atoms with Crippen LogP contribution in [0.2, 0.25) is 0 Å². The van der Waals surface area contributed by atoms with Crippen LogP contribution in [0, 0.1) is 5.41 Å². The van der Waals surface area contributed by atoms with Gasteiger partial charge in [-0.05, 0) is 30.5 Å². The van der Waals surface area contributed by atoms with Gasteiger partial charge in [-0.3, -0.25) is 4.79 Å². The molecular weight excluding hydrogens is 242 g/mol. The Kier molecular flexibility index (Phi) is 4.56. The first-order valence-electron chi connectivity index (χ1n) is 6.78. The Morgan fingerprint density at radius 3 is 2.32 bits per heavy atom. The topological polar surface area (TPSA) is 69.6 Å². The predicted octanol–water partition coefficient (Wildman–Crippen LogP) is 1.46. The third-order valence-electron chi connectivity index (χ3n) is 4.02. The van der Waals surface area contributed by atoms with Crippen molar-refractivity contribution in [1.82, 2.24) is 5.32 Å². The summed E-state index contributed by atoms with van der Waals surface area (Å²) < 4.78 is 0. The smallest absolute Gasteiger partial charge is 0.251 e. The number of nitrogens with one attached hydrogen (secondary N) is 1. The second-order valence-electron chi connectivity index (χ2n) is 5.40. The van der Waals surface area contributed by atoms with Crippen LogP contribution in [0.4, 0.5) is 0 Å². The van der Waals surface area contributed by atoms with Crippen molar-refractivity contribution in [2.45, 2.75) is 32.3 Å². The first kappa shape index (κ1) is 14.0. The quantitative estimate of drug-likeness (QED) is 0.753. The summed E-state index contributed by atoms with van der Waals surface area (Å²) >= 11 is 0.